The van der Waals surface area contributed by atoms with Crippen molar-refractivity contribution >= 4 is 17.8 Å². The molecule has 0 bridgehead atoms. The summed E-state index contributed by atoms with van der Waals surface area (Å²) in [6.45, 7) is 0. The topological polar surface area (TPSA) is 81.7 Å². The standard InChI is InChI=1S/C16H15F6NO5/c1-27-13(25)7-11(14(26)28-2)23-12(24)5-8-3-9(15(17,18)19)6-10(4-8)16(20,21)22/h3-4,6,11H,5,7H2,1-2H3,(H,23,24)/t11-/m0/s1. The quantitative estimate of drug-likeness (QED) is 0.571. The first-order valence-corrected chi connectivity index (χ1v) is 7.50. The van der Waals surface area contributed by atoms with Gasteiger partial charge in [-0.25, -0.2) is 4.79 Å². The monoisotopic (exact) mass is 415 g/mol. The molecule has 12 heteroatoms. The van der Waals surface area contributed by atoms with Crippen molar-refractivity contribution in [1.82, 2.24) is 5.32 Å². The molecule has 1 N–H and O–H groups in total. The molecule has 28 heavy (non-hydrogen) atoms. The van der Waals surface area contributed by atoms with E-state index in [-0.39, 0.29) is 6.07 Å². The molecule has 0 aromatic heterocycles. The van der Waals surface area contributed by atoms with Gasteiger partial charge in [-0.1, -0.05) is 0 Å². The largest absolute Gasteiger partial charge is 0.469 e. The van der Waals surface area contributed by atoms with Crippen molar-refractivity contribution in [1.29, 1.82) is 0 Å². The molecule has 0 aliphatic heterocycles. The van der Waals surface area contributed by atoms with Crippen LogP contribution in [0, 0.1) is 0 Å². The van der Waals surface area contributed by atoms with E-state index in [2.05, 4.69) is 9.47 Å². The van der Waals surface area contributed by atoms with Crippen LogP contribution in [0.5, 0.6) is 0 Å². The van der Waals surface area contributed by atoms with Crippen LogP contribution in [-0.4, -0.2) is 38.1 Å². The second-order valence-electron chi connectivity index (χ2n) is 5.51. The van der Waals surface area contributed by atoms with Gasteiger partial charge in [0.05, 0.1) is 38.2 Å². The molecule has 156 valence electrons. The molecule has 0 heterocycles. The van der Waals surface area contributed by atoms with E-state index in [1.807, 2.05) is 5.32 Å². The molecular weight excluding hydrogens is 400 g/mol. The number of carbonyl (C=O) groups excluding carboxylic acids is 3. The zero-order valence-electron chi connectivity index (χ0n) is 14.5. The summed E-state index contributed by atoms with van der Waals surface area (Å²) in [6.07, 6.45) is -11.7. The Kier molecular flexibility index (Phi) is 7.42. The van der Waals surface area contributed by atoms with E-state index < -0.39 is 65.8 Å². The predicted molar refractivity (Wildman–Crippen MR) is 80.7 cm³/mol. The molecule has 1 amide bonds. The fourth-order valence-electron chi connectivity index (χ4n) is 2.14. The molecule has 0 unspecified atom stereocenters. The summed E-state index contributed by atoms with van der Waals surface area (Å²) in [6, 6.07) is -0.807. The number of methoxy groups -OCH3 is 2. The van der Waals surface area contributed by atoms with Crippen molar-refractivity contribution in [2.45, 2.75) is 31.2 Å². The van der Waals surface area contributed by atoms with Gasteiger partial charge in [0.25, 0.3) is 0 Å². The summed E-state index contributed by atoms with van der Waals surface area (Å²) in [5, 5.41) is 2.02. The number of hydrogen-bond acceptors (Lipinski definition) is 5. The van der Waals surface area contributed by atoms with Crippen LogP contribution in [-0.2, 0) is 42.6 Å². The van der Waals surface area contributed by atoms with Crippen LogP contribution in [0.15, 0.2) is 18.2 Å². The number of esters is 2. The van der Waals surface area contributed by atoms with E-state index >= 15 is 0 Å². The molecule has 0 aliphatic rings. The Morgan fingerprint density at radius 2 is 1.43 bits per heavy atom. The fraction of sp³-hybridized carbons (Fsp3) is 0.438. The van der Waals surface area contributed by atoms with Crippen LogP contribution in [0.2, 0.25) is 0 Å². The summed E-state index contributed by atoms with van der Waals surface area (Å²) in [5.74, 6) is -3.03. The molecule has 1 atom stereocenters. The van der Waals surface area contributed by atoms with Crippen LogP contribution in [0.25, 0.3) is 0 Å². The predicted octanol–water partition coefficient (Wildman–Crippen LogP) is 2.49. The highest BCUT2D eigenvalue weighted by Crippen LogP contribution is 2.36. The van der Waals surface area contributed by atoms with Gasteiger partial charge in [0.15, 0.2) is 0 Å². The lowest BCUT2D eigenvalue weighted by atomic mass is 10.0. The first kappa shape index (κ1) is 23.2. The first-order valence-electron chi connectivity index (χ1n) is 7.50. The maximum atomic E-state index is 12.8. The zero-order valence-corrected chi connectivity index (χ0v) is 14.5. The number of hydrogen-bond donors (Lipinski definition) is 1. The summed E-state index contributed by atoms with van der Waals surface area (Å²) < 4.78 is 85.7. The third-order valence-corrected chi connectivity index (χ3v) is 3.43. The van der Waals surface area contributed by atoms with Gasteiger partial charge in [0, 0.05) is 0 Å². The second-order valence-corrected chi connectivity index (χ2v) is 5.51. The van der Waals surface area contributed by atoms with Crippen LogP contribution >= 0.6 is 0 Å². The number of ether oxygens (including phenoxy) is 2. The van der Waals surface area contributed by atoms with Gasteiger partial charge in [-0.2, -0.15) is 26.3 Å². The molecular formula is C16H15F6NO5. The minimum Gasteiger partial charge on any atom is -0.469 e. The summed E-state index contributed by atoms with van der Waals surface area (Å²) in [5.41, 5.74) is -3.74. The van der Waals surface area contributed by atoms with Crippen molar-refractivity contribution in [3.8, 4) is 0 Å². The van der Waals surface area contributed by atoms with Crippen LogP contribution in [0.1, 0.15) is 23.1 Å². The Balaban J connectivity index is 3.09. The Morgan fingerprint density at radius 3 is 1.82 bits per heavy atom. The Bertz CT molecular complexity index is 712. The Labute approximate surface area is 154 Å². The number of rotatable bonds is 6. The smallest absolute Gasteiger partial charge is 0.416 e. The maximum absolute atomic E-state index is 12.8. The average Bonchev–Trinajstić information content (AvgIpc) is 2.58. The molecule has 0 saturated heterocycles. The van der Waals surface area contributed by atoms with E-state index in [1.54, 1.807) is 0 Å². The molecule has 0 radical (unpaired) electrons. The lowest BCUT2D eigenvalue weighted by Gasteiger charge is -2.17. The van der Waals surface area contributed by atoms with Crippen LogP contribution in [0.3, 0.4) is 0 Å². The number of carbonyl (C=O) groups is 3. The maximum Gasteiger partial charge on any atom is 0.416 e. The van der Waals surface area contributed by atoms with Gasteiger partial charge >= 0.3 is 24.3 Å². The molecule has 6 nitrogen and oxygen atoms in total. The van der Waals surface area contributed by atoms with Crippen molar-refractivity contribution in [2.75, 3.05) is 14.2 Å². The lowest BCUT2D eigenvalue weighted by Crippen LogP contribution is -2.43. The molecule has 1 aromatic carbocycles. The molecule has 1 rings (SSSR count). The number of amides is 1. The van der Waals surface area contributed by atoms with Crippen molar-refractivity contribution < 1.29 is 50.2 Å². The zero-order chi connectivity index (χ0) is 21.7. The number of benzene rings is 1. The molecule has 0 saturated carbocycles. The van der Waals surface area contributed by atoms with Gasteiger partial charge < -0.3 is 14.8 Å². The SMILES string of the molecule is COC(=O)C[C@H](NC(=O)Cc1cc(C(F)(F)F)cc(C(F)(F)F)c1)C(=O)OC. The molecule has 0 fully saturated rings. The minimum atomic E-state index is -5.06. The molecule has 0 spiro atoms. The third kappa shape index (κ3) is 6.74. The van der Waals surface area contributed by atoms with E-state index in [1.165, 1.54) is 0 Å². The summed E-state index contributed by atoms with van der Waals surface area (Å²) in [4.78, 5) is 34.8. The van der Waals surface area contributed by atoms with Crippen molar-refractivity contribution in [3.05, 3.63) is 34.9 Å². The van der Waals surface area contributed by atoms with Gasteiger partial charge in [-0.3, -0.25) is 9.59 Å². The normalized spacial score (nSPS) is 12.9. The Hall–Kier alpha value is -2.79. The van der Waals surface area contributed by atoms with Crippen molar-refractivity contribution in [2.24, 2.45) is 0 Å². The number of alkyl halides is 6. The second kappa shape index (κ2) is 8.93. The van der Waals surface area contributed by atoms with E-state index in [0.29, 0.717) is 12.1 Å². The van der Waals surface area contributed by atoms with Gasteiger partial charge in [0.1, 0.15) is 6.04 Å². The van der Waals surface area contributed by atoms with E-state index in [9.17, 15) is 40.7 Å². The average molecular weight is 415 g/mol. The highest BCUT2D eigenvalue weighted by Gasteiger charge is 2.37. The minimum absolute atomic E-state index is 0.0735. The first-order chi connectivity index (χ1) is 12.8. The van der Waals surface area contributed by atoms with E-state index in [4.69, 9.17) is 0 Å². The Morgan fingerprint density at radius 1 is 0.929 bits per heavy atom. The highest BCUT2D eigenvalue weighted by molar-refractivity contribution is 5.88. The summed E-state index contributed by atoms with van der Waals surface area (Å²) in [7, 11) is 1.97. The lowest BCUT2D eigenvalue weighted by molar-refractivity contribution is -0.150. The number of nitrogens with one attached hydrogen (secondary N) is 1. The van der Waals surface area contributed by atoms with Gasteiger partial charge in [0.2, 0.25) is 5.91 Å². The van der Waals surface area contributed by atoms with Crippen LogP contribution in [0.4, 0.5) is 26.3 Å². The fourth-order valence-corrected chi connectivity index (χ4v) is 2.14. The van der Waals surface area contributed by atoms with Crippen LogP contribution < -0.4 is 5.32 Å². The number of halogens is 6. The molecule has 1 aromatic rings. The van der Waals surface area contributed by atoms with Gasteiger partial charge in [-0.05, 0) is 23.8 Å². The highest BCUT2D eigenvalue weighted by atomic mass is 19.4. The summed E-state index contributed by atoms with van der Waals surface area (Å²) >= 11 is 0. The molecule has 0 aliphatic carbocycles. The van der Waals surface area contributed by atoms with Gasteiger partial charge in [-0.15, -0.1) is 0 Å². The van der Waals surface area contributed by atoms with E-state index in [0.717, 1.165) is 14.2 Å². The third-order valence-electron chi connectivity index (χ3n) is 3.43. The van der Waals surface area contributed by atoms with Crippen molar-refractivity contribution in [3.63, 3.8) is 0 Å².